The number of rotatable bonds is 1. The number of carbonyl (C=O) groups is 1. The zero-order chi connectivity index (χ0) is 13.4. The van der Waals surface area contributed by atoms with Crippen LogP contribution in [0.5, 0.6) is 0 Å². The standard InChI is InChI=1S/C15H21N3O/c1-17-8-9-18(14-5-3-2-4-13(14)17)15(19)11-6-7-12(16)10-11/h2-5,11-12H,6-10,16H2,1H3. The summed E-state index contributed by atoms with van der Waals surface area (Å²) in [5.74, 6) is 0.375. The van der Waals surface area contributed by atoms with Gasteiger partial charge in [0.05, 0.1) is 11.4 Å². The van der Waals surface area contributed by atoms with Crippen LogP contribution in [0.1, 0.15) is 19.3 Å². The first-order valence-electron chi connectivity index (χ1n) is 7.04. The monoisotopic (exact) mass is 259 g/mol. The molecule has 0 radical (unpaired) electrons. The number of fused-ring (bicyclic) bond motifs is 1. The van der Waals surface area contributed by atoms with Gasteiger partial charge in [0.25, 0.3) is 0 Å². The second-order valence-electron chi connectivity index (χ2n) is 5.67. The number of hydrogen-bond donors (Lipinski definition) is 1. The van der Waals surface area contributed by atoms with E-state index in [1.165, 1.54) is 0 Å². The van der Waals surface area contributed by atoms with E-state index in [9.17, 15) is 4.79 Å². The fraction of sp³-hybridized carbons (Fsp3) is 0.533. The summed E-state index contributed by atoms with van der Waals surface area (Å²) in [4.78, 5) is 16.8. The van der Waals surface area contributed by atoms with Crippen LogP contribution in [0.4, 0.5) is 11.4 Å². The van der Waals surface area contributed by atoms with Crippen molar-refractivity contribution in [3.05, 3.63) is 24.3 Å². The molecule has 3 rings (SSSR count). The normalized spacial score (nSPS) is 26.4. The summed E-state index contributed by atoms with van der Waals surface area (Å²) in [5, 5.41) is 0. The Kier molecular flexibility index (Phi) is 3.19. The van der Waals surface area contributed by atoms with E-state index in [1.54, 1.807) is 0 Å². The van der Waals surface area contributed by atoms with E-state index in [0.29, 0.717) is 0 Å². The third-order valence-corrected chi connectivity index (χ3v) is 4.33. The molecule has 102 valence electrons. The number of benzene rings is 1. The Labute approximate surface area is 114 Å². The van der Waals surface area contributed by atoms with Gasteiger partial charge in [0.1, 0.15) is 0 Å². The second kappa shape index (κ2) is 4.85. The minimum Gasteiger partial charge on any atom is -0.371 e. The van der Waals surface area contributed by atoms with Crippen molar-refractivity contribution in [2.75, 3.05) is 29.9 Å². The van der Waals surface area contributed by atoms with Crippen molar-refractivity contribution in [3.8, 4) is 0 Å². The molecule has 1 aliphatic carbocycles. The molecular weight excluding hydrogens is 238 g/mol. The molecule has 0 bridgehead atoms. The molecule has 1 amide bonds. The first-order chi connectivity index (χ1) is 9.16. The molecule has 2 atom stereocenters. The Morgan fingerprint density at radius 2 is 1.95 bits per heavy atom. The molecule has 1 aromatic carbocycles. The topological polar surface area (TPSA) is 49.6 Å². The molecule has 1 heterocycles. The van der Waals surface area contributed by atoms with Gasteiger partial charge in [-0.15, -0.1) is 0 Å². The summed E-state index contributed by atoms with van der Waals surface area (Å²) in [5.41, 5.74) is 8.12. The lowest BCUT2D eigenvalue weighted by Crippen LogP contribution is -2.45. The predicted molar refractivity (Wildman–Crippen MR) is 77.4 cm³/mol. The number of amides is 1. The van der Waals surface area contributed by atoms with E-state index in [2.05, 4.69) is 18.0 Å². The van der Waals surface area contributed by atoms with E-state index in [0.717, 1.165) is 43.7 Å². The van der Waals surface area contributed by atoms with Crippen LogP contribution in [0.15, 0.2) is 24.3 Å². The van der Waals surface area contributed by atoms with Crippen LogP contribution in [0.25, 0.3) is 0 Å². The maximum absolute atomic E-state index is 12.7. The zero-order valence-corrected chi connectivity index (χ0v) is 11.4. The molecule has 1 fully saturated rings. The Balaban J connectivity index is 1.86. The fourth-order valence-corrected chi connectivity index (χ4v) is 3.20. The average molecular weight is 259 g/mol. The van der Waals surface area contributed by atoms with E-state index in [4.69, 9.17) is 5.73 Å². The number of nitrogens with two attached hydrogens (primary N) is 1. The third-order valence-electron chi connectivity index (χ3n) is 4.33. The van der Waals surface area contributed by atoms with E-state index >= 15 is 0 Å². The Morgan fingerprint density at radius 3 is 2.63 bits per heavy atom. The van der Waals surface area contributed by atoms with Crippen molar-refractivity contribution in [2.24, 2.45) is 11.7 Å². The molecule has 19 heavy (non-hydrogen) atoms. The van der Waals surface area contributed by atoms with Crippen LogP contribution in [0.3, 0.4) is 0 Å². The summed E-state index contributed by atoms with van der Waals surface area (Å²) in [6, 6.07) is 8.34. The summed E-state index contributed by atoms with van der Waals surface area (Å²) in [6.07, 6.45) is 2.76. The number of para-hydroxylation sites is 2. The van der Waals surface area contributed by atoms with Crippen LogP contribution in [0.2, 0.25) is 0 Å². The predicted octanol–water partition coefficient (Wildman–Crippen LogP) is 1.60. The zero-order valence-electron chi connectivity index (χ0n) is 11.4. The lowest BCUT2D eigenvalue weighted by Gasteiger charge is -2.36. The van der Waals surface area contributed by atoms with Crippen molar-refractivity contribution in [2.45, 2.75) is 25.3 Å². The number of nitrogens with zero attached hydrogens (tertiary/aromatic N) is 2. The fourth-order valence-electron chi connectivity index (χ4n) is 3.20. The molecule has 4 heteroatoms. The summed E-state index contributed by atoms with van der Waals surface area (Å²) >= 11 is 0. The maximum atomic E-state index is 12.7. The lowest BCUT2D eigenvalue weighted by molar-refractivity contribution is -0.122. The lowest BCUT2D eigenvalue weighted by atomic mass is 10.0. The van der Waals surface area contributed by atoms with Crippen molar-refractivity contribution in [3.63, 3.8) is 0 Å². The average Bonchev–Trinajstić information content (AvgIpc) is 2.86. The highest BCUT2D eigenvalue weighted by Crippen LogP contribution is 2.35. The Bertz CT molecular complexity index is 488. The van der Waals surface area contributed by atoms with E-state index in [1.807, 2.05) is 23.1 Å². The van der Waals surface area contributed by atoms with Gasteiger partial charge in [0, 0.05) is 32.1 Å². The third kappa shape index (κ3) is 2.21. The van der Waals surface area contributed by atoms with Crippen LogP contribution in [0, 0.1) is 5.92 Å². The highest BCUT2D eigenvalue weighted by molar-refractivity contribution is 5.99. The molecule has 2 aliphatic rings. The minimum absolute atomic E-state index is 0.117. The molecule has 2 N–H and O–H groups in total. The van der Waals surface area contributed by atoms with Crippen molar-refractivity contribution in [1.82, 2.24) is 0 Å². The summed E-state index contributed by atoms with van der Waals surface area (Å²) in [7, 11) is 2.08. The molecule has 4 nitrogen and oxygen atoms in total. The number of hydrogen-bond acceptors (Lipinski definition) is 3. The van der Waals surface area contributed by atoms with Crippen LogP contribution in [-0.4, -0.2) is 32.1 Å². The molecular formula is C15H21N3O. The van der Waals surface area contributed by atoms with E-state index < -0.39 is 0 Å². The SMILES string of the molecule is CN1CCN(C(=O)C2CCC(N)C2)c2ccccc21. The van der Waals surface area contributed by atoms with Gasteiger partial charge in [-0.3, -0.25) is 4.79 Å². The molecule has 0 aromatic heterocycles. The molecule has 1 aliphatic heterocycles. The van der Waals surface area contributed by atoms with Gasteiger partial charge in [-0.1, -0.05) is 12.1 Å². The van der Waals surface area contributed by atoms with Gasteiger partial charge in [-0.25, -0.2) is 0 Å². The van der Waals surface area contributed by atoms with Crippen LogP contribution >= 0.6 is 0 Å². The number of anilines is 2. The van der Waals surface area contributed by atoms with Gasteiger partial charge in [-0.2, -0.15) is 0 Å². The van der Waals surface area contributed by atoms with E-state index in [-0.39, 0.29) is 17.9 Å². The van der Waals surface area contributed by atoms with Gasteiger partial charge < -0.3 is 15.5 Å². The number of carbonyl (C=O) groups excluding carboxylic acids is 1. The maximum Gasteiger partial charge on any atom is 0.230 e. The van der Waals surface area contributed by atoms with Crippen molar-refractivity contribution >= 4 is 17.3 Å². The quantitative estimate of drug-likeness (QED) is 0.833. The van der Waals surface area contributed by atoms with Crippen LogP contribution < -0.4 is 15.5 Å². The largest absolute Gasteiger partial charge is 0.371 e. The molecule has 0 saturated heterocycles. The highest BCUT2D eigenvalue weighted by atomic mass is 16.2. The molecule has 1 saturated carbocycles. The van der Waals surface area contributed by atoms with Gasteiger partial charge in [0.2, 0.25) is 5.91 Å². The van der Waals surface area contributed by atoms with Crippen LogP contribution in [-0.2, 0) is 4.79 Å². The Morgan fingerprint density at radius 1 is 1.21 bits per heavy atom. The summed E-state index contributed by atoms with van der Waals surface area (Å²) < 4.78 is 0. The van der Waals surface area contributed by atoms with Crippen molar-refractivity contribution in [1.29, 1.82) is 0 Å². The minimum atomic E-state index is 0.117. The molecule has 2 unspecified atom stereocenters. The highest BCUT2D eigenvalue weighted by Gasteiger charge is 2.33. The summed E-state index contributed by atoms with van der Waals surface area (Å²) in [6.45, 7) is 1.67. The van der Waals surface area contributed by atoms with Gasteiger partial charge in [-0.05, 0) is 31.4 Å². The first-order valence-corrected chi connectivity index (χ1v) is 7.04. The second-order valence-corrected chi connectivity index (χ2v) is 5.67. The first kappa shape index (κ1) is 12.5. The smallest absolute Gasteiger partial charge is 0.230 e. The Hall–Kier alpha value is -1.55. The van der Waals surface area contributed by atoms with Gasteiger partial charge >= 0.3 is 0 Å². The number of likely N-dealkylation sites (N-methyl/N-ethyl adjacent to an activating group) is 1. The molecule has 0 spiro atoms. The van der Waals surface area contributed by atoms with Crippen molar-refractivity contribution < 1.29 is 4.79 Å². The molecule has 1 aromatic rings. The van der Waals surface area contributed by atoms with Gasteiger partial charge in [0.15, 0.2) is 0 Å².